The van der Waals surface area contributed by atoms with E-state index in [9.17, 15) is 18.0 Å². The number of amides is 1. The SMILES string of the molecule is O=C(NCCC1=CCCCC1)c1ccc(C(F)(F)F)cc1. The third-order valence-electron chi connectivity index (χ3n) is 3.59. The van der Waals surface area contributed by atoms with Gasteiger partial charge in [0.1, 0.15) is 0 Å². The molecule has 114 valence electrons. The lowest BCUT2D eigenvalue weighted by molar-refractivity contribution is -0.137. The zero-order chi connectivity index (χ0) is 15.3. The van der Waals surface area contributed by atoms with E-state index >= 15 is 0 Å². The quantitative estimate of drug-likeness (QED) is 0.824. The number of hydrogen-bond acceptors (Lipinski definition) is 1. The number of halogens is 3. The molecule has 5 heteroatoms. The van der Waals surface area contributed by atoms with Gasteiger partial charge in [0.25, 0.3) is 5.91 Å². The zero-order valence-corrected chi connectivity index (χ0v) is 11.7. The molecule has 0 aliphatic heterocycles. The molecule has 0 heterocycles. The van der Waals surface area contributed by atoms with E-state index in [1.54, 1.807) is 0 Å². The smallest absolute Gasteiger partial charge is 0.352 e. The Morgan fingerprint density at radius 2 is 1.86 bits per heavy atom. The monoisotopic (exact) mass is 297 g/mol. The van der Waals surface area contributed by atoms with Crippen LogP contribution in [0, 0.1) is 0 Å². The summed E-state index contributed by atoms with van der Waals surface area (Å²) in [6, 6.07) is 4.27. The van der Waals surface area contributed by atoms with Gasteiger partial charge in [0.2, 0.25) is 0 Å². The van der Waals surface area contributed by atoms with E-state index in [2.05, 4.69) is 11.4 Å². The standard InChI is InChI=1S/C16H18F3NO/c17-16(18,19)14-8-6-13(7-9-14)15(21)20-11-10-12-4-2-1-3-5-12/h4,6-9H,1-3,5,10-11H2,(H,20,21). The summed E-state index contributed by atoms with van der Waals surface area (Å²) >= 11 is 0. The molecule has 1 aliphatic rings. The number of allylic oxidation sites excluding steroid dienone is 1. The van der Waals surface area contributed by atoms with Crippen LogP contribution < -0.4 is 5.32 Å². The third-order valence-corrected chi connectivity index (χ3v) is 3.59. The highest BCUT2D eigenvalue weighted by Gasteiger charge is 2.30. The number of carbonyl (C=O) groups excluding carboxylic acids is 1. The summed E-state index contributed by atoms with van der Waals surface area (Å²) < 4.78 is 37.3. The first-order chi connectivity index (χ1) is 9.97. The Morgan fingerprint density at radius 3 is 2.43 bits per heavy atom. The first kappa shape index (κ1) is 15.6. The summed E-state index contributed by atoms with van der Waals surface area (Å²) in [5, 5.41) is 2.74. The Kier molecular flexibility index (Phi) is 5.04. The fraction of sp³-hybridized carbons (Fsp3) is 0.438. The Balaban J connectivity index is 1.84. The highest BCUT2D eigenvalue weighted by Crippen LogP contribution is 2.29. The van der Waals surface area contributed by atoms with Crippen LogP contribution in [0.25, 0.3) is 0 Å². The molecule has 0 radical (unpaired) electrons. The van der Waals surface area contributed by atoms with Gasteiger partial charge in [0.05, 0.1) is 5.56 Å². The molecule has 1 aliphatic carbocycles. The molecule has 0 unspecified atom stereocenters. The van der Waals surface area contributed by atoms with Crippen molar-refractivity contribution in [3.8, 4) is 0 Å². The van der Waals surface area contributed by atoms with Gasteiger partial charge in [0.15, 0.2) is 0 Å². The van der Waals surface area contributed by atoms with Crippen molar-refractivity contribution in [3.05, 3.63) is 47.0 Å². The predicted octanol–water partition coefficient (Wildman–Crippen LogP) is 4.33. The zero-order valence-electron chi connectivity index (χ0n) is 11.7. The molecule has 0 atom stereocenters. The number of carbonyl (C=O) groups is 1. The summed E-state index contributed by atoms with van der Waals surface area (Å²) in [4.78, 5) is 11.8. The topological polar surface area (TPSA) is 29.1 Å². The first-order valence-electron chi connectivity index (χ1n) is 7.10. The Hall–Kier alpha value is -1.78. The minimum atomic E-state index is -4.37. The van der Waals surface area contributed by atoms with E-state index < -0.39 is 11.7 Å². The molecule has 1 aromatic rings. The van der Waals surface area contributed by atoms with Crippen LogP contribution in [0.4, 0.5) is 13.2 Å². The average molecular weight is 297 g/mol. The maximum Gasteiger partial charge on any atom is 0.416 e. The third kappa shape index (κ3) is 4.62. The molecule has 1 amide bonds. The van der Waals surface area contributed by atoms with Gasteiger partial charge in [-0.3, -0.25) is 4.79 Å². The van der Waals surface area contributed by atoms with E-state index in [1.165, 1.54) is 30.5 Å². The second kappa shape index (κ2) is 6.78. The van der Waals surface area contributed by atoms with Crippen molar-refractivity contribution >= 4 is 5.91 Å². The van der Waals surface area contributed by atoms with E-state index in [0.29, 0.717) is 6.54 Å². The number of alkyl halides is 3. The van der Waals surface area contributed by atoms with Crippen LogP contribution in [0.5, 0.6) is 0 Å². The Labute approximate surface area is 122 Å². The lowest BCUT2D eigenvalue weighted by Crippen LogP contribution is -2.25. The maximum atomic E-state index is 12.4. The van der Waals surface area contributed by atoms with Crippen LogP contribution in [0.2, 0.25) is 0 Å². The van der Waals surface area contributed by atoms with E-state index in [1.807, 2.05) is 0 Å². The molecule has 21 heavy (non-hydrogen) atoms. The van der Waals surface area contributed by atoms with Crippen LogP contribution >= 0.6 is 0 Å². The number of hydrogen-bond donors (Lipinski definition) is 1. The molecule has 0 aromatic heterocycles. The lowest BCUT2D eigenvalue weighted by atomic mass is 9.97. The van der Waals surface area contributed by atoms with Gasteiger partial charge in [-0.15, -0.1) is 0 Å². The van der Waals surface area contributed by atoms with Gasteiger partial charge >= 0.3 is 6.18 Å². The normalized spacial score (nSPS) is 15.5. The largest absolute Gasteiger partial charge is 0.416 e. The average Bonchev–Trinajstić information content (AvgIpc) is 2.47. The molecule has 0 fully saturated rings. The van der Waals surface area contributed by atoms with Crippen LogP contribution in [0.1, 0.15) is 48.0 Å². The van der Waals surface area contributed by atoms with Crippen molar-refractivity contribution in [1.29, 1.82) is 0 Å². The molecule has 2 nitrogen and oxygen atoms in total. The van der Waals surface area contributed by atoms with Crippen molar-refractivity contribution in [1.82, 2.24) is 5.32 Å². The van der Waals surface area contributed by atoms with Crippen molar-refractivity contribution in [2.24, 2.45) is 0 Å². The molecular weight excluding hydrogens is 279 g/mol. The lowest BCUT2D eigenvalue weighted by Gasteiger charge is -2.13. The summed E-state index contributed by atoms with van der Waals surface area (Å²) in [7, 11) is 0. The second-order valence-corrected chi connectivity index (χ2v) is 5.19. The van der Waals surface area contributed by atoms with Crippen LogP contribution in [0.15, 0.2) is 35.9 Å². The number of benzene rings is 1. The highest BCUT2D eigenvalue weighted by atomic mass is 19.4. The van der Waals surface area contributed by atoms with Gasteiger partial charge in [-0.25, -0.2) is 0 Å². The molecule has 1 N–H and O–H groups in total. The fourth-order valence-corrected chi connectivity index (χ4v) is 2.38. The molecule has 0 saturated heterocycles. The van der Waals surface area contributed by atoms with Gasteiger partial charge in [0, 0.05) is 12.1 Å². The van der Waals surface area contributed by atoms with E-state index in [4.69, 9.17) is 0 Å². The van der Waals surface area contributed by atoms with Gasteiger partial charge < -0.3 is 5.32 Å². The summed E-state index contributed by atoms with van der Waals surface area (Å²) in [5.74, 6) is -0.333. The molecule has 1 aromatic carbocycles. The Bertz CT molecular complexity index is 517. The molecule has 0 bridgehead atoms. The molecule has 2 rings (SSSR count). The van der Waals surface area contributed by atoms with Gasteiger partial charge in [-0.05, 0) is 56.4 Å². The first-order valence-corrected chi connectivity index (χ1v) is 7.10. The van der Waals surface area contributed by atoms with Crippen molar-refractivity contribution in [3.63, 3.8) is 0 Å². The van der Waals surface area contributed by atoms with E-state index in [-0.39, 0.29) is 11.5 Å². The minimum absolute atomic E-state index is 0.251. The minimum Gasteiger partial charge on any atom is -0.352 e. The van der Waals surface area contributed by atoms with Crippen LogP contribution in [-0.2, 0) is 6.18 Å². The van der Waals surface area contributed by atoms with Gasteiger partial charge in [-0.1, -0.05) is 11.6 Å². The van der Waals surface area contributed by atoms with Crippen molar-refractivity contribution in [2.45, 2.75) is 38.3 Å². The molecule has 0 saturated carbocycles. The summed E-state index contributed by atoms with van der Waals surface area (Å²) in [6.45, 7) is 0.520. The van der Waals surface area contributed by atoms with Crippen LogP contribution in [-0.4, -0.2) is 12.5 Å². The highest BCUT2D eigenvalue weighted by molar-refractivity contribution is 5.94. The van der Waals surface area contributed by atoms with Crippen molar-refractivity contribution < 1.29 is 18.0 Å². The fourth-order valence-electron chi connectivity index (χ4n) is 2.38. The van der Waals surface area contributed by atoms with Crippen LogP contribution in [0.3, 0.4) is 0 Å². The summed E-state index contributed by atoms with van der Waals surface area (Å²) in [5.41, 5.74) is 0.862. The Morgan fingerprint density at radius 1 is 1.14 bits per heavy atom. The number of rotatable bonds is 4. The number of nitrogens with one attached hydrogen (secondary N) is 1. The summed E-state index contributed by atoms with van der Waals surface area (Å²) in [6.07, 6.45) is 3.25. The molecular formula is C16H18F3NO. The van der Waals surface area contributed by atoms with Gasteiger partial charge in [-0.2, -0.15) is 13.2 Å². The van der Waals surface area contributed by atoms with Crippen molar-refractivity contribution in [2.75, 3.05) is 6.54 Å². The maximum absolute atomic E-state index is 12.4. The second-order valence-electron chi connectivity index (χ2n) is 5.19. The van der Waals surface area contributed by atoms with E-state index in [0.717, 1.165) is 31.4 Å². The predicted molar refractivity (Wildman–Crippen MR) is 74.9 cm³/mol. The molecule has 0 spiro atoms.